The van der Waals surface area contributed by atoms with Crippen LogP contribution in [0.3, 0.4) is 0 Å². The monoisotopic (exact) mass is 312 g/mol. The minimum atomic E-state index is 0.0425. The lowest BCUT2D eigenvalue weighted by molar-refractivity contribution is -0.138. The van der Waals surface area contributed by atoms with E-state index in [2.05, 4.69) is 0 Å². The van der Waals surface area contributed by atoms with Gasteiger partial charge in [0.05, 0.1) is 0 Å². The van der Waals surface area contributed by atoms with Gasteiger partial charge in [-0.3, -0.25) is 9.59 Å². The van der Waals surface area contributed by atoms with Crippen LogP contribution < -0.4 is 0 Å². The van der Waals surface area contributed by atoms with E-state index in [0.717, 1.165) is 44.3 Å². The molecule has 1 aromatic carbocycles. The van der Waals surface area contributed by atoms with E-state index in [0.29, 0.717) is 19.0 Å². The molecule has 0 atom stereocenters. The highest BCUT2D eigenvalue weighted by atomic mass is 16.2. The van der Waals surface area contributed by atoms with Crippen LogP contribution in [0.1, 0.15) is 31.2 Å². The molecule has 2 amide bonds. The van der Waals surface area contributed by atoms with E-state index in [-0.39, 0.29) is 11.8 Å². The summed E-state index contributed by atoms with van der Waals surface area (Å²) in [6.07, 6.45) is 7.34. The van der Waals surface area contributed by atoms with Gasteiger partial charge in [-0.2, -0.15) is 0 Å². The Bertz CT molecular complexity index is 568. The van der Waals surface area contributed by atoms with Crippen molar-refractivity contribution in [3.8, 4) is 0 Å². The highest BCUT2D eigenvalue weighted by Crippen LogP contribution is 2.22. The fourth-order valence-electron chi connectivity index (χ4n) is 3.38. The molecule has 0 spiro atoms. The zero-order chi connectivity index (χ0) is 16.1. The molecule has 2 saturated heterocycles. The summed E-state index contributed by atoms with van der Waals surface area (Å²) in [4.78, 5) is 28.5. The maximum atomic E-state index is 12.4. The van der Waals surface area contributed by atoms with Gasteiger partial charge < -0.3 is 9.80 Å². The third-order valence-corrected chi connectivity index (χ3v) is 4.79. The number of likely N-dealkylation sites (tertiary alicyclic amines) is 2. The molecule has 0 saturated carbocycles. The number of benzene rings is 1. The molecule has 1 aromatic rings. The van der Waals surface area contributed by atoms with Crippen LogP contribution in [-0.4, -0.2) is 47.8 Å². The Labute approximate surface area is 137 Å². The SMILES string of the molecule is O=C(C=Cc1ccccc1)N1CCC(C(=O)N2CCCC2)CC1. The molecule has 0 radical (unpaired) electrons. The maximum absolute atomic E-state index is 12.4. The van der Waals surface area contributed by atoms with E-state index < -0.39 is 0 Å². The van der Waals surface area contributed by atoms with Crippen molar-refractivity contribution in [3.05, 3.63) is 42.0 Å². The Morgan fingerprint density at radius 2 is 1.57 bits per heavy atom. The largest absolute Gasteiger partial charge is 0.342 e. The standard InChI is InChI=1S/C19H24N2O2/c22-18(9-8-16-6-2-1-3-7-16)20-14-10-17(11-15-20)19(23)21-12-4-5-13-21/h1-3,6-9,17H,4-5,10-15H2. The summed E-state index contributed by atoms with van der Waals surface area (Å²) in [5.41, 5.74) is 1.03. The summed E-state index contributed by atoms with van der Waals surface area (Å²) in [5.74, 6) is 0.450. The van der Waals surface area contributed by atoms with Crippen LogP contribution in [0.4, 0.5) is 0 Å². The van der Waals surface area contributed by atoms with Crippen LogP contribution in [-0.2, 0) is 9.59 Å². The molecule has 2 heterocycles. The Morgan fingerprint density at radius 3 is 2.22 bits per heavy atom. The number of nitrogens with zero attached hydrogens (tertiary/aromatic N) is 2. The molecule has 2 aliphatic rings. The second-order valence-corrected chi connectivity index (χ2v) is 6.38. The third kappa shape index (κ3) is 4.01. The smallest absolute Gasteiger partial charge is 0.246 e. The predicted molar refractivity (Wildman–Crippen MR) is 90.6 cm³/mol. The van der Waals surface area contributed by atoms with Crippen LogP contribution >= 0.6 is 0 Å². The molecule has 122 valence electrons. The van der Waals surface area contributed by atoms with Gasteiger partial charge >= 0.3 is 0 Å². The highest BCUT2D eigenvalue weighted by molar-refractivity contribution is 5.92. The van der Waals surface area contributed by atoms with Crippen molar-refractivity contribution in [1.29, 1.82) is 0 Å². The first kappa shape index (κ1) is 15.8. The minimum absolute atomic E-state index is 0.0425. The fraction of sp³-hybridized carbons (Fsp3) is 0.474. The van der Waals surface area contributed by atoms with Crippen molar-refractivity contribution in [2.75, 3.05) is 26.2 Å². The Kier molecular flexibility index (Phi) is 5.11. The molecular weight excluding hydrogens is 288 g/mol. The van der Waals surface area contributed by atoms with Crippen LogP contribution in [0.5, 0.6) is 0 Å². The third-order valence-electron chi connectivity index (χ3n) is 4.79. The lowest BCUT2D eigenvalue weighted by Gasteiger charge is -2.32. The van der Waals surface area contributed by atoms with Crippen LogP contribution in [0.2, 0.25) is 0 Å². The molecule has 0 aliphatic carbocycles. The quantitative estimate of drug-likeness (QED) is 0.805. The van der Waals surface area contributed by atoms with Gasteiger partial charge in [0, 0.05) is 38.2 Å². The minimum Gasteiger partial charge on any atom is -0.342 e. The topological polar surface area (TPSA) is 40.6 Å². The molecule has 2 fully saturated rings. The van der Waals surface area contributed by atoms with Gasteiger partial charge in [0.15, 0.2) is 0 Å². The lowest BCUT2D eigenvalue weighted by atomic mass is 9.95. The molecule has 0 unspecified atom stereocenters. The molecule has 3 rings (SSSR count). The Hall–Kier alpha value is -2.10. The van der Waals surface area contributed by atoms with Crippen LogP contribution in [0.15, 0.2) is 36.4 Å². The van der Waals surface area contributed by atoms with Gasteiger partial charge in [-0.25, -0.2) is 0 Å². The number of piperidine rings is 1. The van der Waals surface area contributed by atoms with Crippen LogP contribution in [0, 0.1) is 5.92 Å². The summed E-state index contributed by atoms with van der Waals surface area (Å²) in [6, 6.07) is 9.83. The number of amides is 2. The summed E-state index contributed by atoms with van der Waals surface area (Å²) in [6.45, 7) is 3.19. The summed E-state index contributed by atoms with van der Waals surface area (Å²) in [5, 5.41) is 0. The number of rotatable bonds is 3. The Morgan fingerprint density at radius 1 is 0.913 bits per heavy atom. The van der Waals surface area contributed by atoms with E-state index in [1.54, 1.807) is 6.08 Å². The first-order valence-electron chi connectivity index (χ1n) is 8.55. The van der Waals surface area contributed by atoms with Crippen molar-refractivity contribution in [2.45, 2.75) is 25.7 Å². The molecule has 23 heavy (non-hydrogen) atoms. The van der Waals surface area contributed by atoms with Crippen molar-refractivity contribution in [1.82, 2.24) is 9.80 Å². The number of carbonyl (C=O) groups excluding carboxylic acids is 2. The van der Waals surface area contributed by atoms with Gasteiger partial charge in [-0.05, 0) is 37.3 Å². The number of hydrogen-bond acceptors (Lipinski definition) is 2. The zero-order valence-electron chi connectivity index (χ0n) is 13.5. The van der Waals surface area contributed by atoms with Gasteiger partial charge in [-0.1, -0.05) is 30.3 Å². The van der Waals surface area contributed by atoms with E-state index in [1.807, 2.05) is 46.2 Å². The highest BCUT2D eigenvalue weighted by Gasteiger charge is 2.30. The second-order valence-electron chi connectivity index (χ2n) is 6.38. The summed E-state index contributed by atoms with van der Waals surface area (Å²) in [7, 11) is 0. The lowest BCUT2D eigenvalue weighted by Crippen LogP contribution is -2.43. The average Bonchev–Trinajstić information content (AvgIpc) is 3.15. The van der Waals surface area contributed by atoms with E-state index in [1.165, 1.54) is 0 Å². The van der Waals surface area contributed by atoms with Crippen molar-refractivity contribution >= 4 is 17.9 Å². The normalized spacial score (nSPS) is 19.5. The van der Waals surface area contributed by atoms with Gasteiger partial charge in [0.25, 0.3) is 0 Å². The summed E-state index contributed by atoms with van der Waals surface area (Å²) >= 11 is 0. The van der Waals surface area contributed by atoms with E-state index >= 15 is 0 Å². The molecule has 4 heteroatoms. The van der Waals surface area contributed by atoms with Gasteiger partial charge in [0.1, 0.15) is 0 Å². The molecule has 0 aromatic heterocycles. The zero-order valence-corrected chi connectivity index (χ0v) is 13.5. The summed E-state index contributed by atoms with van der Waals surface area (Å²) < 4.78 is 0. The molecule has 0 bridgehead atoms. The fourth-order valence-corrected chi connectivity index (χ4v) is 3.38. The van der Waals surface area contributed by atoms with Crippen molar-refractivity contribution in [2.24, 2.45) is 5.92 Å². The number of hydrogen-bond donors (Lipinski definition) is 0. The maximum Gasteiger partial charge on any atom is 0.246 e. The Balaban J connectivity index is 1.49. The average molecular weight is 312 g/mol. The molecular formula is C19H24N2O2. The van der Waals surface area contributed by atoms with Gasteiger partial charge in [-0.15, -0.1) is 0 Å². The van der Waals surface area contributed by atoms with E-state index in [9.17, 15) is 9.59 Å². The first-order valence-corrected chi connectivity index (χ1v) is 8.55. The van der Waals surface area contributed by atoms with Gasteiger partial charge in [0.2, 0.25) is 11.8 Å². The number of carbonyl (C=O) groups is 2. The van der Waals surface area contributed by atoms with Crippen molar-refractivity contribution in [3.63, 3.8) is 0 Å². The second kappa shape index (κ2) is 7.44. The van der Waals surface area contributed by atoms with Crippen LogP contribution in [0.25, 0.3) is 6.08 Å². The first-order chi connectivity index (χ1) is 11.2. The molecule has 2 aliphatic heterocycles. The molecule has 4 nitrogen and oxygen atoms in total. The van der Waals surface area contributed by atoms with E-state index in [4.69, 9.17) is 0 Å². The van der Waals surface area contributed by atoms with Crippen molar-refractivity contribution < 1.29 is 9.59 Å². The molecule has 0 N–H and O–H groups in total. The predicted octanol–water partition coefficient (Wildman–Crippen LogP) is 2.56.